The molecule has 15 nitrogen and oxygen atoms in total. The third kappa shape index (κ3) is 16.7. The van der Waals surface area contributed by atoms with Crippen molar-refractivity contribution in [1.29, 1.82) is 0 Å². The lowest BCUT2D eigenvalue weighted by Gasteiger charge is -2.32. The van der Waals surface area contributed by atoms with Crippen molar-refractivity contribution >= 4 is 0 Å². The summed E-state index contributed by atoms with van der Waals surface area (Å²) in [5, 5.41) is 0. The second-order valence-electron chi connectivity index (χ2n) is 23.5. The van der Waals surface area contributed by atoms with E-state index in [0.29, 0.717) is 94.0 Å². The van der Waals surface area contributed by atoms with Gasteiger partial charge in [-0.05, 0) is 190 Å². The zero-order valence-corrected chi connectivity index (χ0v) is 49.8. The van der Waals surface area contributed by atoms with Gasteiger partial charge in [0.05, 0.1) is 39.6 Å². The molecule has 6 atom stereocenters. The molecule has 6 saturated heterocycles. The van der Waals surface area contributed by atoms with Gasteiger partial charge in [0.15, 0.2) is 37.7 Å². The number of hydrogen-bond donors (Lipinski definition) is 0. The monoisotopic (exact) mass is 1180 g/mol. The van der Waals surface area contributed by atoms with Crippen LogP contribution in [0.4, 0.5) is 0 Å². The van der Waals surface area contributed by atoms with Crippen LogP contribution in [0, 0.1) is 0 Å². The summed E-state index contributed by atoms with van der Waals surface area (Å²) in [5.74, 6) is 6.29. The summed E-state index contributed by atoms with van der Waals surface area (Å²) in [4.78, 5) is 0. The van der Waals surface area contributed by atoms with Gasteiger partial charge in [-0.1, -0.05) is 36.4 Å². The minimum atomic E-state index is -0.629. The van der Waals surface area contributed by atoms with Crippen molar-refractivity contribution in [3.63, 3.8) is 0 Å². The van der Waals surface area contributed by atoms with Gasteiger partial charge in [-0.2, -0.15) is 0 Å². The van der Waals surface area contributed by atoms with Gasteiger partial charge in [0.25, 0.3) is 0 Å². The van der Waals surface area contributed by atoms with E-state index >= 15 is 0 Å². The van der Waals surface area contributed by atoms with Gasteiger partial charge in [-0.15, -0.1) is 0 Å². The molecule has 0 radical (unpaired) electrons. The Balaban J connectivity index is 0.780. The van der Waals surface area contributed by atoms with Crippen LogP contribution in [0.5, 0.6) is 51.7 Å². The summed E-state index contributed by atoms with van der Waals surface area (Å²) in [5.41, 5.74) is 5.32. The predicted molar refractivity (Wildman–Crippen MR) is 323 cm³/mol. The Hall–Kier alpha value is -6.72. The van der Waals surface area contributed by atoms with Crippen molar-refractivity contribution in [1.82, 2.24) is 0 Å². The summed E-state index contributed by atoms with van der Waals surface area (Å²) in [6, 6.07) is 43.0. The molecule has 6 heterocycles. The highest BCUT2D eigenvalue weighted by Gasteiger charge is 2.32. The van der Waals surface area contributed by atoms with E-state index in [1.165, 1.54) is 0 Å². The van der Waals surface area contributed by atoms with E-state index in [0.717, 1.165) is 166 Å². The van der Waals surface area contributed by atoms with E-state index in [1.807, 2.05) is 91.0 Å². The molecule has 0 spiro atoms. The third-order valence-corrected chi connectivity index (χ3v) is 16.8. The number of rotatable bonds is 24. The smallest absolute Gasteiger partial charge is 0.199 e. The molecule has 0 saturated carbocycles. The van der Waals surface area contributed by atoms with Crippen LogP contribution >= 0.6 is 0 Å². The van der Waals surface area contributed by atoms with Crippen LogP contribution in [0.2, 0.25) is 0 Å². The van der Waals surface area contributed by atoms with E-state index in [9.17, 15) is 0 Å². The molecular formula is C71H84O15. The van der Waals surface area contributed by atoms with Gasteiger partial charge in [-0.3, -0.25) is 0 Å². The van der Waals surface area contributed by atoms with Crippen molar-refractivity contribution < 1.29 is 71.1 Å². The zero-order chi connectivity index (χ0) is 58.2. The minimum absolute atomic E-state index is 0.297. The Kier molecular flexibility index (Phi) is 20.6. The second kappa shape index (κ2) is 29.8. The Morgan fingerprint density at radius 2 is 0.488 bits per heavy atom. The Morgan fingerprint density at radius 3 is 0.674 bits per heavy atom. The SMILES string of the molecule is CC(c1ccc(OCc2cc(OC3CCCCO3)cc(OC3CCCCO3)c2)cc1)(c1ccc(OCc2cc(OC3CCCCO3)cc(OC3CCCCO3)c2)cc1)c1ccc(OCc2cc(OC3CCCCO3)cc(OC3CCCCO3)c2)cc1. The fraction of sp³-hybridized carbons (Fsp3) is 0.493. The molecule has 6 aliphatic heterocycles. The number of hydrogen-bond acceptors (Lipinski definition) is 15. The van der Waals surface area contributed by atoms with Gasteiger partial charge in [0.2, 0.25) is 0 Å². The molecule has 15 heteroatoms. The molecule has 0 bridgehead atoms. The first-order chi connectivity index (χ1) is 42.4. The second-order valence-corrected chi connectivity index (χ2v) is 23.5. The predicted octanol–water partition coefficient (Wildman–Crippen LogP) is 15.2. The summed E-state index contributed by atoms with van der Waals surface area (Å²) in [7, 11) is 0. The highest BCUT2D eigenvalue weighted by atomic mass is 16.7. The maximum atomic E-state index is 6.54. The normalized spacial score (nSPS) is 23.4. The number of benzene rings is 6. The van der Waals surface area contributed by atoms with Crippen LogP contribution < -0.4 is 42.6 Å². The largest absolute Gasteiger partial charge is 0.489 e. The fourth-order valence-electron chi connectivity index (χ4n) is 11.9. The van der Waals surface area contributed by atoms with E-state index in [1.54, 1.807) is 0 Å². The first-order valence-electron chi connectivity index (χ1n) is 31.7. The van der Waals surface area contributed by atoms with Gasteiger partial charge >= 0.3 is 0 Å². The molecule has 6 aromatic rings. The molecule has 0 aliphatic carbocycles. The minimum Gasteiger partial charge on any atom is -0.489 e. The van der Waals surface area contributed by atoms with Gasteiger partial charge in [-0.25, -0.2) is 0 Å². The molecule has 458 valence electrons. The van der Waals surface area contributed by atoms with Crippen LogP contribution in [0.15, 0.2) is 127 Å². The summed E-state index contributed by atoms with van der Waals surface area (Å²) in [6.07, 6.45) is 15.9. The van der Waals surface area contributed by atoms with Crippen molar-refractivity contribution in [2.45, 2.75) is 185 Å². The topological polar surface area (TPSA) is 138 Å². The van der Waals surface area contributed by atoms with E-state index < -0.39 is 5.41 Å². The van der Waals surface area contributed by atoms with Gasteiger partial charge in [0, 0.05) is 62.1 Å². The Morgan fingerprint density at radius 1 is 0.279 bits per heavy atom. The average Bonchev–Trinajstić information content (AvgIpc) is 1.14. The molecule has 6 aliphatic rings. The zero-order valence-electron chi connectivity index (χ0n) is 49.8. The molecule has 6 aromatic carbocycles. The third-order valence-electron chi connectivity index (χ3n) is 16.8. The average molecular weight is 1180 g/mol. The molecule has 86 heavy (non-hydrogen) atoms. The fourth-order valence-corrected chi connectivity index (χ4v) is 11.9. The molecule has 6 fully saturated rings. The number of ether oxygens (including phenoxy) is 15. The van der Waals surface area contributed by atoms with Crippen LogP contribution in [0.25, 0.3) is 0 Å². The highest BCUT2D eigenvalue weighted by molar-refractivity contribution is 5.52. The van der Waals surface area contributed by atoms with E-state index in [-0.39, 0.29) is 37.7 Å². The molecule has 0 N–H and O–H groups in total. The molecule has 0 aromatic heterocycles. The maximum absolute atomic E-state index is 6.54. The highest BCUT2D eigenvalue weighted by Crippen LogP contribution is 2.42. The summed E-state index contributed by atoms with van der Waals surface area (Å²) in [6.45, 7) is 7.30. The van der Waals surface area contributed by atoms with Crippen molar-refractivity contribution in [2.24, 2.45) is 0 Å². The lowest BCUT2D eigenvalue weighted by Crippen LogP contribution is -2.26. The molecule has 12 rings (SSSR count). The summed E-state index contributed by atoms with van der Waals surface area (Å²) >= 11 is 0. The van der Waals surface area contributed by atoms with Crippen LogP contribution in [0.1, 0.15) is 156 Å². The molecular weight excluding hydrogens is 1090 g/mol. The van der Waals surface area contributed by atoms with Crippen molar-refractivity contribution in [3.8, 4) is 51.7 Å². The first-order valence-corrected chi connectivity index (χ1v) is 31.7. The lowest BCUT2D eigenvalue weighted by molar-refractivity contribution is -0.109. The molecule has 0 amide bonds. The summed E-state index contributed by atoms with van der Waals surface area (Å²) < 4.78 is 93.4. The van der Waals surface area contributed by atoms with Gasteiger partial charge in [0.1, 0.15) is 71.6 Å². The maximum Gasteiger partial charge on any atom is 0.199 e. The van der Waals surface area contributed by atoms with Crippen LogP contribution in [-0.2, 0) is 53.7 Å². The van der Waals surface area contributed by atoms with E-state index in [4.69, 9.17) is 71.1 Å². The van der Waals surface area contributed by atoms with E-state index in [2.05, 4.69) is 43.3 Å². The van der Waals surface area contributed by atoms with Crippen molar-refractivity contribution in [3.05, 3.63) is 161 Å². The Labute approximate surface area is 506 Å². The molecule has 6 unspecified atom stereocenters. The quantitative estimate of drug-likeness (QED) is 0.0531. The lowest BCUT2D eigenvalue weighted by atomic mass is 9.71. The standard InChI is InChI=1S/C71H84O15/c1-71(53-20-26-56(27-21-53)78-47-50-38-59(81-65-14-2-8-32-72-65)44-60(39-50)82-66-15-3-9-33-73-66,54-22-28-57(29-23-54)79-48-51-40-61(83-67-16-4-10-34-74-67)45-62(41-51)84-68-17-5-11-35-75-68)55-24-30-58(31-25-55)80-49-52-42-63(85-69-18-6-12-36-76-69)46-64(43-52)86-70-19-7-13-37-77-70/h20-31,38-46,65-70H,2-19,32-37,47-49H2,1H3. The van der Waals surface area contributed by atoms with Crippen LogP contribution in [-0.4, -0.2) is 77.4 Å². The van der Waals surface area contributed by atoms with Crippen molar-refractivity contribution in [2.75, 3.05) is 39.6 Å². The first kappa shape index (κ1) is 59.6. The van der Waals surface area contributed by atoms with Gasteiger partial charge < -0.3 is 71.1 Å². The Bertz CT molecular complexity index is 2580. The van der Waals surface area contributed by atoms with Crippen LogP contribution in [0.3, 0.4) is 0 Å².